The standard InChI is InChI=1S/C19H18ClNO5S/c20-15-8-14(9-16-18(15)26-12-25-16)19(23)24-10-17(22)21-6-7-27-11-13-4-2-1-3-5-13/h1-5,8-9H,6-7,10-12H2,(H,21,22). The zero-order chi connectivity index (χ0) is 19.1. The van der Waals surface area contributed by atoms with Crippen LogP contribution in [0.15, 0.2) is 42.5 Å². The summed E-state index contributed by atoms with van der Waals surface area (Å²) < 4.78 is 15.4. The van der Waals surface area contributed by atoms with Gasteiger partial charge in [0, 0.05) is 18.1 Å². The number of rotatable bonds is 8. The molecule has 0 bridgehead atoms. The van der Waals surface area contributed by atoms with Gasteiger partial charge in [-0.05, 0) is 17.7 Å². The zero-order valence-electron chi connectivity index (χ0n) is 14.4. The van der Waals surface area contributed by atoms with Crippen LogP contribution in [0.2, 0.25) is 5.02 Å². The number of amides is 1. The summed E-state index contributed by atoms with van der Waals surface area (Å²) in [5.74, 6) is 1.44. The number of hydrogen-bond acceptors (Lipinski definition) is 6. The van der Waals surface area contributed by atoms with E-state index >= 15 is 0 Å². The molecule has 8 heteroatoms. The first-order chi connectivity index (χ1) is 13.1. The summed E-state index contributed by atoms with van der Waals surface area (Å²) in [6.07, 6.45) is 0. The van der Waals surface area contributed by atoms with E-state index < -0.39 is 5.97 Å². The predicted molar refractivity (Wildman–Crippen MR) is 103 cm³/mol. The minimum atomic E-state index is -0.649. The second-order valence-electron chi connectivity index (χ2n) is 5.66. The van der Waals surface area contributed by atoms with Crippen LogP contribution in [0.3, 0.4) is 0 Å². The van der Waals surface area contributed by atoms with Crippen molar-refractivity contribution < 1.29 is 23.8 Å². The summed E-state index contributed by atoms with van der Waals surface area (Å²) >= 11 is 7.75. The number of carbonyl (C=O) groups is 2. The van der Waals surface area contributed by atoms with Gasteiger partial charge in [-0.15, -0.1) is 0 Å². The van der Waals surface area contributed by atoms with Crippen LogP contribution in [0.1, 0.15) is 15.9 Å². The second-order valence-corrected chi connectivity index (χ2v) is 7.17. The van der Waals surface area contributed by atoms with E-state index in [-0.39, 0.29) is 29.9 Å². The number of ether oxygens (including phenoxy) is 3. The molecule has 0 atom stereocenters. The highest BCUT2D eigenvalue weighted by molar-refractivity contribution is 7.98. The van der Waals surface area contributed by atoms with E-state index in [1.165, 1.54) is 17.7 Å². The Morgan fingerprint density at radius 1 is 1.19 bits per heavy atom. The van der Waals surface area contributed by atoms with Gasteiger partial charge in [0.25, 0.3) is 5.91 Å². The van der Waals surface area contributed by atoms with Gasteiger partial charge in [-0.1, -0.05) is 41.9 Å². The third-order valence-corrected chi connectivity index (χ3v) is 4.99. The van der Waals surface area contributed by atoms with Gasteiger partial charge in [-0.3, -0.25) is 4.79 Å². The first kappa shape index (κ1) is 19.4. The van der Waals surface area contributed by atoms with Gasteiger partial charge in [0.05, 0.1) is 10.6 Å². The molecule has 2 aromatic carbocycles. The Labute approximate surface area is 166 Å². The van der Waals surface area contributed by atoms with Gasteiger partial charge in [-0.25, -0.2) is 4.79 Å². The van der Waals surface area contributed by atoms with E-state index in [2.05, 4.69) is 17.4 Å². The van der Waals surface area contributed by atoms with Gasteiger partial charge >= 0.3 is 5.97 Å². The lowest BCUT2D eigenvalue weighted by molar-refractivity contribution is -0.124. The molecular formula is C19H18ClNO5S. The van der Waals surface area contributed by atoms with Gasteiger partial charge in [0.1, 0.15) is 0 Å². The minimum absolute atomic E-state index is 0.0538. The number of esters is 1. The normalized spacial score (nSPS) is 11.9. The summed E-state index contributed by atoms with van der Waals surface area (Å²) in [5.41, 5.74) is 1.45. The van der Waals surface area contributed by atoms with Crippen LogP contribution in [0.5, 0.6) is 11.5 Å². The van der Waals surface area contributed by atoms with E-state index in [0.717, 1.165) is 11.5 Å². The maximum absolute atomic E-state index is 12.1. The summed E-state index contributed by atoms with van der Waals surface area (Å²) in [7, 11) is 0. The highest BCUT2D eigenvalue weighted by Crippen LogP contribution is 2.39. The molecule has 142 valence electrons. The van der Waals surface area contributed by atoms with E-state index in [1.54, 1.807) is 11.8 Å². The number of carbonyl (C=O) groups excluding carboxylic acids is 2. The van der Waals surface area contributed by atoms with Gasteiger partial charge in [-0.2, -0.15) is 11.8 Å². The number of fused-ring (bicyclic) bond motifs is 1. The van der Waals surface area contributed by atoms with Crippen LogP contribution >= 0.6 is 23.4 Å². The molecule has 6 nitrogen and oxygen atoms in total. The highest BCUT2D eigenvalue weighted by atomic mass is 35.5. The van der Waals surface area contributed by atoms with Crippen LogP contribution in [0, 0.1) is 0 Å². The molecule has 0 radical (unpaired) electrons. The number of nitrogens with one attached hydrogen (secondary N) is 1. The second kappa shape index (κ2) is 9.53. The third-order valence-electron chi connectivity index (χ3n) is 3.68. The van der Waals surface area contributed by atoms with Crippen LogP contribution in [0.4, 0.5) is 0 Å². The summed E-state index contributed by atoms with van der Waals surface area (Å²) in [5, 5.41) is 2.98. The van der Waals surface area contributed by atoms with Crippen molar-refractivity contribution in [1.82, 2.24) is 5.32 Å². The Kier molecular flexibility index (Phi) is 6.84. The molecule has 3 rings (SSSR count). The highest BCUT2D eigenvalue weighted by Gasteiger charge is 2.21. The smallest absolute Gasteiger partial charge is 0.338 e. The minimum Gasteiger partial charge on any atom is -0.454 e. The summed E-state index contributed by atoms with van der Waals surface area (Å²) in [6, 6.07) is 13.0. The van der Waals surface area contributed by atoms with Crippen molar-refractivity contribution in [3.63, 3.8) is 0 Å². The molecule has 1 aliphatic heterocycles. The fourth-order valence-corrected chi connectivity index (χ4v) is 3.46. The van der Waals surface area contributed by atoms with Crippen molar-refractivity contribution >= 4 is 35.2 Å². The molecule has 0 saturated heterocycles. The van der Waals surface area contributed by atoms with Gasteiger partial charge in [0.15, 0.2) is 18.1 Å². The molecule has 0 unspecified atom stereocenters. The fraction of sp³-hybridized carbons (Fsp3) is 0.263. The number of benzene rings is 2. The first-order valence-corrected chi connectivity index (χ1v) is 9.81. The van der Waals surface area contributed by atoms with E-state index in [0.29, 0.717) is 18.0 Å². The zero-order valence-corrected chi connectivity index (χ0v) is 16.0. The van der Waals surface area contributed by atoms with Crippen molar-refractivity contribution in [2.45, 2.75) is 5.75 Å². The molecule has 1 amide bonds. The van der Waals surface area contributed by atoms with E-state index in [4.69, 9.17) is 25.8 Å². The van der Waals surface area contributed by atoms with Crippen LogP contribution in [-0.4, -0.2) is 37.6 Å². The fourth-order valence-electron chi connectivity index (χ4n) is 2.38. The van der Waals surface area contributed by atoms with Crippen molar-refractivity contribution in [1.29, 1.82) is 0 Å². The Morgan fingerprint density at radius 2 is 2.00 bits per heavy atom. The van der Waals surface area contributed by atoms with Crippen molar-refractivity contribution in [2.75, 3.05) is 25.7 Å². The van der Waals surface area contributed by atoms with Crippen molar-refractivity contribution in [3.05, 3.63) is 58.6 Å². The largest absolute Gasteiger partial charge is 0.454 e. The molecule has 1 heterocycles. The summed E-state index contributed by atoms with van der Waals surface area (Å²) in [6.45, 7) is 0.205. The van der Waals surface area contributed by atoms with E-state index in [9.17, 15) is 9.59 Å². The Morgan fingerprint density at radius 3 is 2.81 bits per heavy atom. The predicted octanol–water partition coefficient (Wildman–Crippen LogP) is 3.28. The topological polar surface area (TPSA) is 73.9 Å². The average Bonchev–Trinajstić information content (AvgIpc) is 3.16. The molecular weight excluding hydrogens is 390 g/mol. The molecule has 27 heavy (non-hydrogen) atoms. The lowest BCUT2D eigenvalue weighted by atomic mass is 10.2. The molecule has 0 spiro atoms. The van der Waals surface area contributed by atoms with Crippen LogP contribution < -0.4 is 14.8 Å². The third kappa shape index (κ3) is 5.55. The first-order valence-electron chi connectivity index (χ1n) is 8.28. The number of hydrogen-bond donors (Lipinski definition) is 1. The Bertz CT molecular complexity index is 815. The van der Waals surface area contributed by atoms with Crippen LogP contribution in [0.25, 0.3) is 0 Å². The molecule has 0 aliphatic carbocycles. The van der Waals surface area contributed by atoms with Crippen molar-refractivity contribution in [3.8, 4) is 11.5 Å². The molecule has 2 aromatic rings. The van der Waals surface area contributed by atoms with Crippen molar-refractivity contribution in [2.24, 2.45) is 0 Å². The van der Waals surface area contributed by atoms with Gasteiger partial charge in [0.2, 0.25) is 6.79 Å². The lowest BCUT2D eigenvalue weighted by Gasteiger charge is -2.08. The molecule has 1 N–H and O–H groups in total. The molecule has 0 aromatic heterocycles. The molecule has 0 fully saturated rings. The van der Waals surface area contributed by atoms with Gasteiger partial charge < -0.3 is 19.5 Å². The monoisotopic (exact) mass is 407 g/mol. The molecule has 0 saturated carbocycles. The summed E-state index contributed by atoms with van der Waals surface area (Å²) in [4.78, 5) is 23.9. The quantitative estimate of drug-likeness (QED) is 0.534. The maximum Gasteiger partial charge on any atom is 0.338 e. The van der Waals surface area contributed by atoms with Crippen LogP contribution in [-0.2, 0) is 15.3 Å². The SMILES string of the molecule is O=C(COC(=O)c1cc(Cl)c2c(c1)OCO2)NCCSCc1ccccc1. The molecule has 1 aliphatic rings. The Balaban J connectivity index is 1.35. The average molecular weight is 408 g/mol. The maximum atomic E-state index is 12.1. The lowest BCUT2D eigenvalue weighted by Crippen LogP contribution is -2.30. The number of thioether (sulfide) groups is 1. The number of halogens is 1. The Hall–Kier alpha value is -2.38. The van der Waals surface area contributed by atoms with E-state index in [1.807, 2.05) is 18.2 Å².